The van der Waals surface area contributed by atoms with Crippen LogP contribution in [0.25, 0.3) is 11.5 Å². The molecule has 1 unspecified atom stereocenters. The Hall–Kier alpha value is -2.66. The van der Waals surface area contributed by atoms with Crippen LogP contribution < -0.4 is 4.90 Å². The number of amides is 1. The summed E-state index contributed by atoms with van der Waals surface area (Å²) in [6, 6.07) is 13.4. The third-order valence-corrected chi connectivity index (χ3v) is 4.76. The molecule has 1 aliphatic rings. The minimum atomic E-state index is -0.0833. The molecule has 1 aliphatic heterocycles. The standard InChI is InChI=1S/C20H18ClN3O2/c1-12-6-13(2)8-17(7-12)24-11-15(10-18(24)25)19-22-20(26-23-19)14-4-3-5-16(21)9-14/h3-9,15H,10-11H2,1-2H3. The Morgan fingerprint density at radius 3 is 2.65 bits per heavy atom. The molecule has 5 nitrogen and oxygen atoms in total. The van der Waals surface area contributed by atoms with Crippen molar-refractivity contribution in [1.29, 1.82) is 0 Å². The number of hydrogen-bond acceptors (Lipinski definition) is 4. The Morgan fingerprint density at radius 2 is 1.92 bits per heavy atom. The molecule has 132 valence electrons. The molecule has 6 heteroatoms. The van der Waals surface area contributed by atoms with Crippen molar-refractivity contribution in [2.24, 2.45) is 0 Å². The molecule has 1 saturated heterocycles. The van der Waals surface area contributed by atoms with E-state index in [-0.39, 0.29) is 11.8 Å². The third-order valence-electron chi connectivity index (χ3n) is 4.52. The van der Waals surface area contributed by atoms with E-state index in [2.05, 4.69) is 16.2 Å². The molecule has 0 N–H and O–H groups in total. The lowest BCUT2D eigenvalue weighted by Gasteiger charge is -2.17. The molecule has 1 fully saturated rings. The first-order chi connectivity index (χ1) is 12.5. The first-order valence-corrected chi connectivity index (χ1v) is 8.85. The summed E-state index contributed by atoms with van der Waals surface area (Å²) in [7, 11) is 0. The summed E-state index contributed by atoms with van der Waals surface area (Å²) in [5, 5.41) is 4.70. The molecule has 1 amide bonds. The maximum atomic E-state index is 12.5. The molecule has 0 spiro atoms. The lowest BCUT2D eigenvalue weighted by molar-refractivity contribution is -0.117. The van der Waals surface area contributed by atoms with Crippen LogP contribution in [0.2, 0.25) is 5.02 Å². The van der Waals surface area contributed by atoms with E-state index in [9.17, 15) is 4.79 Å². The fourth-order valence-electron chi connectivity index (χ4n) is 3.38. The third kappa shape index (κ3) is 3.22. The van der Waals surface area contributed by atoms with Crippen molar-refractivity contribution in [2.45, 2.75) is 26.2 Å². The van der Waals surface area contributed by atoms with Gasteiger partial charge in [-0.1, -0.05) is 28.9 Å². The van der Waals surface area contributed by atoms with Gasteiger partial charge in [-0.2, -0.15) is 4.98 Å². The first-order valence-electron chi connectivity index (χ1n) is 8.48. The average Bonchev–Trinajstić information content (AvgIpc) is 3.20. The zero-order valence-corrected chi connectivity index (χ0v) is 15.3. The fourth-order valence-corrected chi connectivity index (χ4v) is 3.57. The van der Waals surface area contributed by atoms with E-state index in [1.54, 1.807) is 17.0 Å². The minimum Gasteiger partial charge on any atom is -0.334 e. The van der Waals surface area contributed by atoms with Crippen LogP contribution in [-0.4, -0.2) is 22.6 Å². The van der Waals surface area contributed by atoms with Crippen molar-refractivity contribution in [3.63, 3.8) is 0 Å². The predicted molar refractivity (Wildman–Crippen MR) is 100 cm³/mol. The maximum absolute atomic E-state index is 12.5. The fraction of sp³-hybridized carbons (Fsp3) is 0.250. The quantitative estimate of drug-likeness (QED) is 0.682. The summed E-state index contributed by atoms with van der Waals surface area (Å²) >= 11 is 6.02. The van der Waals surface area contributed by atoms with E-state index in [4.69, 9.17) is 16.1 Å². The van der Waals surface area contributed by atoms with E-state index in [0.29, 0.717) is 29.7 Å². The summed E-state index contributed by atoms with van der Waals surface area (Å²) in [6.45, 7) is 4.62. The highest BCUT2D eigenvalue weighted by Crippen LogP contribution is 2.32. The Kier molecular flexibility index (Phi) is 4.24. The number of carbonyl (C=O) groups excluding carboxylic acids is 1. The van der Waals surface area contributed by atoms with E-state index in [0.717, 1.165) is 22.4 Å². The zero-order chi connectivity index (χ0) is 18.3. The van der Waals surface area contributed by atoms with E-state index in [1.807, 2.05) is 38.1 Å². The normalized spacial score (nSPS) is 17.1. The van der Waals surface area contributed by atoms with Crippen LogP contribution in [-0.2, 0) is 4.79 Å². The van der Waals surface area contributed by atoms with Gasteiger partial charge < -0.3 is 9.42 Å². The molecule has 3 aromatic rings. The van der Waals surface area contributed by atoms with Gasteiger partial charge in [-0.3, -0.25) is 4.79 Å². The number of benzene rings is 2. The number of carbonyl (C=O) groups is 1. The summed E-state index contributed by atoms with van der Waals surface area (Å²) in [4.78, 5) is 18.8. The highest BCUT2D eigenvalue weighted by molar-refractivity contribution is 6.30. The topological polar surface area (TPSA) is 59.2 Å². The van der Waals surface area contributed by atoms with Crippen LogP contribution in [0.5, 0.6) is 0 Å². The zero-order valence-electron chi connectivity index (χ0n) is 14.6. The van der Waals surface area contributed by atoms with Crippen LogP contribution in [0, 0.1) is 13.8 Å². The van der Waals surface area contributed by atoms with Crippen molar-refractivity contribution >= 4 is 23.2 Å². The summed E-state index contributed by atoms with van der Waals surface area (Å²) in [5.74, 6) is 0.967. The number of anilines is 1. The molecule has 0 radical (unpaired) electrons. The number of halogens is 1. The number of nitrogens with zero attached hydrogens (tertiary/aromatic N) is 3. The lowest BCUT2D eigenvalue weighted by atomic mass is 10.1. The van der Waals surface area contributed by atoms with Gasteiger partial charge in [0.25, 0.3) is 5.89 Å². The molecule has 26 heavy (non-hydrogen) atoms. The second-order valence-electron chi connectivity index (χ2n) is 6.72. The van der Waals surface area contributed by atoms with Gasteiger partial charge >= 0.3 is 0 Å². The van der Waals surface area contributed by atoms with Gasteiger partial charge in [-0.25, -0.2) is 0 Å². The summed E-state index contributed by atoms with van der Waals surface area (Å²) in [6.07, 6.45) is 0.376. The molecule has 0 aliphatic carbocycles. The molecular weight excluding hydrogens is 350 g/mol. The van der Waals surface area contributed by atoms with E-state index >= 15 is 0 Å². The molecule has 2 aromatic carbocycles. The van der Waals surface area contributed by atoms with Crippen LogP contribution in [0.1, 0.15) is 29.3 Å². The largest absolute Gasteiger partial charge is 0.334 e. The molecule has 4 rings (SSSR count). The number of rotatable bonds is 3. The van der Waals surface area contributed by atoms with Gasteiger partial charge in [0.1, 0.15) is 0 Å². The van der Waals surface area contributed by atoms with Gasteiger partial charge in [-0.05, 0) is 55.3 Å². The summed E-state index contributed by atoms with van der Waals surface area (Å²) in [5.41, 5.74) is 3.97. The SMILES string of the molecule is Cc1cc(C)cc(N2CC(c3noc(-c4cccc(Cl)c4)n3)CC2=O)c1. The van der Waals surface area contributed by atoms with Crippen LogP contribution in [0.4, 0.5) is 5.69 Å². The van der Waals surface area contributed by atoms with Crippen LogP contribution in [0.15, 0.2) is 47.0 Å². The second kappa shape index (κ2) is 6.57. The van der Waals surface area contributed by atoms with Crippen LogP contribution >= 0.6 is 11.6 Å². The van der Waals surface area contributed by atoms with Gasteiger partial charge in [0.05, 0.1) is 0 Å². The first kappa shape index (κ1) is 16.8. The number of hydrogen-bond donors (Lipinski definition) is 0. The van der Waals surface area contributed by atoms with E-state index in [1.165, 1.54) is 0 Å². The van der Waals surface area contributed by atoms with Gasteiger partial charge in [-0.15, -0.1) is 0 Å². The van der Waals surface area contributed by atoms with Gasteiger partial charge in [0.15, 0.2) is 5.82 Å². The molecule has 1 atom stereocenters. The molecule has 1 aromatic heterocycles. The van der Waals surface area contributed by atoms with E-state index < -0.39 is 0 Å². The lowest BCUT2D eigenvalue weighted by Crippen LogP contribution is -2.24. The molecular formula is C20H18ClN3O2. The van der Waals surface area contributed by atoms with Crippen molar-refractivity contribution in [3.05, 3.63) is 64.4 Å². The average molecular weight is 368 g/mol. The van der Waals surface area contributed by atoms with Crippen LogP contribution in [0.3, 0.4) is 0 Å². The second-order valence-corrected chi connectivity index (χ2v) is 7.16. The Balaban J connectivity index is 1.58. The number of aromatic nitrogens is 2. The summed E-state index contributed by atoms with van der Waals surface area (Å²) < 4.78 is 5.38. The molecule has 2 heterocycles. The van der Waals surface area contributed by atoms with Gasteiger partial charge in [0.2, 0.25) is 5.91 Å². The predicted octanol–water partition coefficient (Wildman–Crippen LogP) is 4.53. The Labute approximate surface area is 156 Å². The Bertz CT molecular complexity index is 962. The minimum absolute atomic E-state index is 0.0779. The monoisotopic (exact) mass is 367 g/mol. The van der Waals surface area contributed by atoms with Crippen molar-refractivity contribution in [1.82, 2.24) is 10.1 Å². The van der Waals surface area contributed by atoms with Crippen molar-refractivity contribution < 1.29 is 9.32 Å². The highest BCUT2D eigenvalue weighted by Gasteiger charge is 2.34. The number of aryl methyl sites for hydroxylation is 2. The molecule has 0 saturated carbocycles. The molecule has 0 bridgehead atoms. The maximum Gasteiger partial charge on any atom is 0.257 e. The highest BCUT2D eigenvalue weighted by atomic mass is 35.5. The Morgan fingerprint density at radius 1 is 1.15 bits per heavy atom. The van der Waals surface area contributed by atoms with Gasteiger partial charge in [0, 0.05) is 35.2 Å². The van der Waals surface area contributed by atoms with Crippen molar-refractivity contribution in [3.8, 4) is 11.5 Å². The van der Waals surface area contributed by atoms with Crippen molar-refractivity contribution in [2.75, 3.05) is 11.4 Å². The smallest absolute Gasteiger partial charge is 0.257 e.